The number of rotatable bonds is 4. The summed E-state index contributed by atoms with van der Waals surface area (Å²) < 4.78 is 0. The minimum Gasteiger partial charge on any atom is -0.306 e. The van der Waals surface area contributed by atoms with Crippen molar-refractivity contribution in [2.75, 3.05) is 13.1 Å². The van der Waals surface area contributed by atoms with Gasteiger partial charge in [-0.05, 0) is 37.0 Å². The minimum absolute atomic E-state index is 0.705. The summed E-state index contributed by atoms with van der Waals surface area (Å²) in [6.45, 7) is 1.91. The molecule has 0 aliphatic heterocycles. The summed E-state index contributed by atoms with van der Waals surface area (Å²) in [5.74, 6) is 3.67. The van der Waals surface area contributed by atoms with Crippen LogP contribution in [0.5, 0.6) is 0 Å². The molecule has 0 saturated heterocycles. The van der Waals surface area contributed by atoms with Crippen molar-refractivity contribution < 1.29 is 0 Å². The van der Waals surface area contributed by atoms with Gasteiger partial charge in [-0.25, -0.2) is 0 Å². The van der Waals surface area contributed by atoms with Crippen LogP contribution in [0.4, 0.5) is 0 Å². The average molecular weight is 149 g/mol. The maximum atomic E-state index is 5.16. The quantitative estimate of drug-likeness (QED) is 0.470. The van der Waals surface area contributed by atoms with Gasteiger partial charge in [0.15, 0.2) is 0 Å². The predicted octanol–water partition coefficient (Wildman–Crippen LogP) is 1.40. The van der Waals surface area contributed by atoms with E-state index in [0.717, 1.165) is 12.5 Å². The first-order valence-electron chi connectivity index (χ1n) is 4.52. The van der Waals surface area contributed by atoms with Gasteiger partial charge in [0.1, 0.15) is 0 Å². The molecule has 11 heavy (non-hydrogen) atoms. The molecular weight excluding hydrogens is 134 g/mol. The van der Waals surface area contributed by atoms with E-state index in [9.17, 15) is 0 Å². The number of hydrogen-bond donors (Lipinski definition) is 1. The van der Waals surface area contributed by atoms with Gasteiger partial charge in [0.25, 0.3) is 0 Å². The van der Waals surface area contributed by atoms with Gasteiger partial charge in [-0.3, -0.25) is 0 Å². The summed E-state index contributed by atoms with van der Waals surface area (Å²) >= 11 is 0. The molecule has 1 heteroatoms. The fourth-order valence-electron chi connectivity index (χ4n) is 1.97. The summed E-state index contributed by atoms with van der Waals surface area (Å²) in [4.78, 5) is 0. The van der Waals surface area contributed by atoms with E-state index in [0.29, 0.717) is 5.41 Å². The van der Waals surface area contributed by atoms with Crippen LogP contribution in [-0.2, 0) is 0 Å². The first-order chi connectivity index (χ1) is 5.37. The van der Waals surface area contributed by atoms with Crippen LogP contribution in [-0.4, -0.2) is 13.1 Å². The van der Waals surface area contributed by atoms with Crippen molar-refractivity contribution >= 4 is 0 Å². The third-order valence-electron chi connectivity index (χ3n) is 3.04. The third-order valence-corrected chi connectivity index (χ3v) is 3.04. The lowest BCUT2D eigenvalue weighted by atomic mass is 10.0. The molecule has 0 unspecified atom stereocenters. The second-order valence-corrected chi connectivity index (χ2v) is 3.94. The van der Waals surface area contributed by atoms with Crippen molar-refractivity contribution in [3.63, 3.8) is 0 Å². The first-order valence-corrected chi connectivity index (χ1v) is 4.52. The van der Waals surface area contributed by atoms with Crippen LogP contribution in [0.1, 0.15) is 25.7 Å². The second-order valence-electron chi connectivity index (χ2n) is 3.94. The van der Waals surface area contributed by atoms with E-state index in [4.69, 9.17) is 6.42 Å². The summed E-state index contributed by atoms with van der Waals surface area (Å²) in [6, 6.07) is 0. The first kappa shape index (κ1) is 7.18. The molecule has 2 saturated carbocycles. The molecule has 0 aromatic carbocycles. The van der Waals surface area contributed by atoms with Gasteiger partial charge in [0.05, 0.1) is 6.54 Å². The van der Waals surface area contributed by atoms with Gasteiger partial charge in [-0.2, -0.15) is 0 Å². The van der Waals surface area contributed by atoms with E-state index >= 15 is 0 Å². The fraction of sp³-hybridized carbons (Fsp3) is 0.800. The molecule has 0 bridgehead atoms. The SMILES string of the molecule is C#CCNCC1(C2CC2)CC1. The normalized spacial score (nSPS) is 26.1. The van der Waals surface area contributed by atoms with Gasteiger partial charge < -0.3 is 5.32 Å². The number of terminal acetylenes is 1. The number of hydrogen-bond acceptors (Lipinski definition) is 1. The fourth-order valence-corrected chi connectivity index (χ4v) is 1.97. The zero-order valence-corrected chi connectivity index (χ0v) is 6.90. The van der Waals surface area contributed by atoms with Crippen molar-refractivity contribution in [3.8, 4) is 12.3 Å². The predicted molar refractivity (Wildman–Crippen MR) is 46.1 cm³/mol. The highest BCUT2D eigenvalue weighted by Gasteiger charge is 2.52. The Bertz CT molecular complexity index is 182. The average Bonchev–Trinajstić information content (AvgIpc) is 2.84. The molecule has 60 valence electrons. The highest BCUT2D eigenvalue weighted by Crippen LogP contribution is 2.60. The highest BCUT2D eigenvalue weighted by atomic mass is 14.9. The Balaban J connectivity index is 1.73. The summed E-state index contributed by atoms with van der Waals surface area (Å²) in [5, 5.41) is 3.32. The van der Waals surface area contributed by atoms with E-state index in [2.05, 4.69) is 11.2 Å². The zero-order valence-electron chi connectivity index (χ0n) is 6.90. The molecule has 2 aliphatic rings. The van der Waals surface area contributed by atoms with Crippen LogP contribution in [0, 0.1) is 23.7 Å². The smallest absolute Gasteiger partial charge is 0.0574 e. The Morgan fingerprint density at radius 2 is 2.18 bits per heavy atom. The van der Waals surface area contributed by atoms with E-state index < -0.39 is 0 Å². The third kappa shape index (κ3) is 1.41. The molecule has 0 aromatic rings. The summed E-state index contributed by atoms with van der Waals surface area (Å²) in [6.07, 6.45) is 11.0. The molecule has 2 fully saturated rings. The van der Waals surface area contributed by atoms with Crippen LogP contribution in [0.25, 0.3) is 0 Å². The molecule has 0 aromatic heterocycles. The standard InChI is InChI=1S/C10H15N/c1-2-7-11-8-10(5-6-10)9-3-4-9/h1,9,11H,3-8H2. The molecule has 2 rings (SSSR count). The molecule has 0 heterocycles. The van der Waals surface area contributed by atoms with Crippen molar-refractivity contribution in [2.24, 2.45) is 11.3 Å². The molecule has 0 radical (unpaired) electrons. The van der Waals surface area contributed by atoms with E-state index in [1.165, 1.54) is 32.2 Å². The Kier molecular flexibility index (Phi) is 1.65. The Labute approximate surface area is 68.6 Å². The Hall–Kier alpha value is -0.480. The maximum Gasteiger partial charge on any atom is 0.0574 e. The summed E-state index contributed by atoms with van der Waals surface area (Å²) in [5.41, 5.74) is 0.705. The Morgan fingerprint density at radius 1 is 1.45 bits per heavy atom. The summed E-state index contributed by atoms with van der Waals surface area (Å²) in [7, 11) is 0. The van der Waals surface area contributed by atoms with Gasteiger partial charge >= 0.3 is 0 Å². The van der Waals surface area contributed by atoms with Crippen molar-refractivity contribution in [1.82, 2.24) is 5.32 Å². The molecule has 2 aliphatic carbocycles. The number of nitrogens with one attached hydrogen (secondary N) is 1. The molecule has 0 spiro atoms. The van der Waals surface area contributed by atoms with Crippen molar-refractivity contribution in [3.05, 3.63) is 0 Å². The molecule has 0 atom stereocenters. The second kappa shape index (κ2) is 2.53. The topological polar surface area (TPSA) is 12.0 Å². The molecular formula is C10H15N. The lowest BCUT2D eigenvalue weighted by Crippen LogP contribution is -2.25. The van der Waals surface area contributed by atoms with E-state index in [1.54, 1.807) is 0 Å². The molecule has 1 N–H and O–H groups in total. The van der Waals surface area contributed by atoms with Crippen LogP contribution < -0.4 is 5.32 Å². The Morgan fingerprint density at radius 3 is 2.64 bits per heavy atom. The van der Waals surface area contributed by atoms with Crippen LogP contribution in [0.2, 0.25) is 0 Å². The lowest BCUT2D eigenvalue weighted by molar-refractivity contribution is 0.414. The monoisotopic (exact) mass is 149 g/mol. The van der Waals surface area contributed by atoms with Crippen LogP contribution >= 0.6 is 0 Å². The molecule has 1 nitrogen and oxygen atoms in total. The zero-order chi connectivity index (χ0) is 7.73. The van der Waals surface area contributed by atoms with E-state index in [-0.39, 0.29) is 0 Å². The largest absolute Gasteiger partial charge is 0.306 e. The molecule has 0 amide bonds. The van der Waals surface area contributed by atoms with Gasteiger partial charge in [0, 0.05) is 6.54 Å². The maximum absolute atomic E-state index is 5.16. The highest BCUT2D eigenvalue weighted by molar-refractivity contribution is 5.05. The van der Waals surface area contributed by atoms with Crippen molar-refractivity contribution in [2.45, 2.75) is 25.7 Å². The van der Waals surface area contributed by atoms with Gasteiger partial charge in [-0.15, -0.1) is 6.42 Å². The van der Waals surface area contributed by atoms with Gasteiger partial charge in [-0.1, -0.05) is 5.92 Å². The van der Waals surface area contributed by atoms with Crippen LogP contribution in [0.15, 0.2) is 0 Å². The van der Waals surface area contributed by atoms with Gasteiger partial charge in [0.2, 0.25) is 0 Å². The minimum atomic E-state index is 0.705. The lowest BCUT2D eigenvalue weighted by Gasteiger charge is -2.12. The van der Waals surface area contributed by atoms with E-state index in [1.807, 2.05) is 0 Å². The van der Waals surface area contributed by atoms with Crippen LogP contribution in [0.3, 0.4) is 0 Å². The van der Waals surface area contributed by atoms with Crippen molar-refractivity contribution in [1.29, 1.82) is 0 Å².